The van der Waals surface area contributed by atoms with Crippen LogP contribution in [0, 0.1) is 11.6 Å². The van der Waals surface area contributed by atoms with E-state index in [2.05, 4.69) is 0 Å². The third kappa shape index (κ3) is 3.28. The van der Waals surface area contributed by atoms with Crippen molar-refractivity contribution >= 4 is 17.5 Å². The van der Waals surface area contributed by atoms with Crippen LogP contribution in [-0.4, -0.2) is 28.4 Å². The lowest BCUT2D eigenvalue weighted by Gasteiger charge is -2.29. The smallest absolute Gasteiger partial charge is 0.255 e. The molecular formula is C21H17F2NO4. The summed E-state index contributed by atoms with van der Waals surface area (Å²) in [7, 11) is 0. The van der Waals surface area contributed by atoms with Crippen molar-refractivity contribution in [2.24, 2.45) is 0 Å². The number of carbonyl (C=O) groups is 3. The van der Waals surface area contributed by atoms with Crippen LogP contribution in [0.15, 0.2) is 36.4 Å². The maximum absolute atomic E-state index is 13.4. The molecular weight excluding hydrogens is 368 g/mol. The van der Waals surface area contributed by atoms with E-state index in [1.807, 2.05) is 0 Å². The normalized spacial score (nSPS) is 19.1. The van der Waals surface area contributed by atoms with Gasteiger partial charge in [0.25, 0.3) is 5.91 Å². The van der Waals surface area contributed by atoms with E-state index in [4.69, 9.17) is 4.74 Å². The molecule has 1 aliphatic heterocycles. The van der Waals surface area contributed by atoms with Crippen molar-refractivity contribution in [3.63, 3.8) is 0 Å². The van der Waals surface area contributed by atoms with Gasteiger partial charge in [-0.1, -0.05) is 12.1 Å². The molecule has 0 saturated heterocycles. The molecule has 1 fully saturated rings. The van der Waals surface area contributed by atoms with E-state index in [0.29, 0.717) is 28.9 Å². The molecule has 5 nitrogen and oxygen atoms in total. The van der Waals surface area contributed by atoms with Gasteiger partial charge in [-0.05, 0) is 36.2 Å². The van der Waals surface area contributed by atoms with Crippen molar-refractivity contribution in [2.75, 3.05) is 0 Å². The monoisotopic (exact) mass is 385 g/mol. The summed E-state index contributed by atoms with van der Waals surface area (Å²) in [6.45, 7) is 0.228. The number of nitrogens with zero attached hydrogens (tertiary/aromatic N) is 1. The van der Waals surface area contributed by atoms with Crippen molar-refractivity contribution < 1.29 is 27.9 Å². The van der Waals surface area contributed by atoms with E-state index >= 15 is 0 Å². The molecule has 28 heavy (non-hydrogen) atoms. The van der Waals surface area contributed by atoms with Crippen molar-refractivity contribution in [1.82, 2.24) is 4.90 Å². The van der Waals surface area contributed by atoms with Crippen LogP contribution in [-0.2, 0) is 22.7 Å². The number of halogens is 2. The molecule has 0 spiro atoms. The molecule has 144 valence electrons. The number of ether oxygens (including phenoxy) is 1. The predicted octanol–water partition coefficient (Wildman–Crippen LogP) is 3.19. The lowest BCUT2D eigenvalue weighted by molar-refractivity contribution is -0.133. The lowest BCUT2D eigenvalue weighted by atomic mass is 9.92. The molecule has 4 rings (SSSR count). The number of amides is 1. The number of carbonyl (C=O) groups excluding carboxylic acids is 3. The van der Waals surface area contributed by atoms with Gasteiger partial charge < -0.3 is 9.64 Å². The first-order valence-corrected chi connectivity index (χ1v) is 8.98. The molecule has 1 atom stereocenters. The molecule has 0 bridgehead atoms. The second-order valence-electron chi connectivity index (χ2n) is 6.99. The summed E-state index contributed by atoms with van der Waals surface area (Å²) < 4.78 is 32.2. The number of rotatable bonds is 4. The number of hydrogen-bond donors (Lipinski definition) is 0. The molecule has 2 aromatic carbocycles. The zero-order valence-corrected chi connectivity index (χ0v) is 14.9. The van der Waals surface area contributed by atoms with Crippen LogP contribution in [0.4, 0.5) is 8.78 Å². The number of fused-ring (bicyclic) bond motifs is 1. The van der Waals surface area contributed by atoms with Gasteiger partial charge >= 0.3 is 0 Å². The Balaban J connectivity index is 1.53. The van der Waals surface area contributed by atoms with E-state index in [1.165, 1.54) is 11.0 Å². The zero-order chi connectivity index (χ0) is 19.8. The molecule has 2 aromatic rings. The Morgan fingerprint density at radius 3 is 2.64 bits per heavy atom. The highest BCUT2D eigenvalue weighted by atomic mass is 19.2. The quantitative estimate of drug-likeness (QED) is 0.759. The van der Waals surface area contributed by atoms with Crippen LogP contribution in [0.3, 0.4) is 0 Å². The van der Waals surface area contributed by atoms with Crippen molar-refractivity contribution in [3.05, 3.63) is 64.7 Å². The molecule has 0 radical (unpaired) electrons. The fourth-order valence-electron chi connectivity index (χ4n) is 3.69. The van der Waals surface area contributed by atoms with Gasteiger partial charge in [-0.15, -0.1) is 0 Å². The number of benzene rings is 2. The highest BCUT2D eigenvalue weighted by molar-refractivity contribution is 6.07. The molecule has 1 aliphatic carbocycles. The zero-order valence-electron chi connectivity index (χ0n) is 14.9. The summed E-state index contributed by atoms with van der Waals surface area (Å²) in [6.07, 6.45) is 0.489. The molecule has 1 heterocycles. The highest BCUT2D eigenvalue weighted by Crippen LogP contribution is 2.34. The standard InChI is InChI=1S/C21H17F2NO4/c22-16-6-4-12(8-17(16)23)11-28-20-3-1-2-14-15(20)10-24(21(14)27)18-7-5-13(25)9-19(18)26/h1-4,6,8,18H,5,7,9-11H2. The summed E-state index contributed by atoms with van der Waals surface area (Å²) in [4.78, 5) is 38.0. The first-order chi connectivity index (χ1) is 13.4. The second kappa shape index (κ2) is 7.14. The van der Waals surface area contributed by atoms with Gasteiger partial charge in [-0.25, -0.2) is 8.78 Å². The fourth-order valence-corrected chi connectivity index (χ4v) is 3.69. The maximum atomic E-state index is 13.4. The van der Waals surface area contributed by atoms with E-state index in [0.717, 1.165) is 12.1 Å². The minimum Gasteiger partial charge on any atom is -0.489 e. The van der Waals surface area contributed by atoms with Gasteiger partial charge in [0.1, 0.15) is 18.1 Å². The summed E-state index contributed by atoms with van der Waals surface area (Å²) >= 11 is 0. The Hall–Kier alpha value is -3.09. The van der Waals surface area contributed by atoms with Gasteiger partial charge in [-0.2, -0.15) is 0 Å². The molecule has 0 N–H and O–H groups in total. The van der Waals surface area contributed by atoms with Gasteiger partial charge in [-0.3, -0.25) is 14.4 Å². The summed E-state index contributed by atoms with van der Waals surface area (Å²) in [5.74, 6) is -2.02. The average molecular weight is 385 g/mol. The predicted molar refractivity (Wildman–Crippen MR) is 94.7 cm³/mol. The summed E-state index contributed by atoms with van der Waals surface area (Å²) in [6, 6.07) is 7.96. The first kappa shape index (κ1) is 18.3. The van der Waals surface area contributed by atoms with Crippen molar-refractivity contribution in [2.45, 2.75) is 38.5 Å². The van der Waals surface area contributed by atoms with E-state index in [1.54, 1.807) is 18.2 Å². The van der Waals surface area contributed by atoms with Crippen LogP contribution >= 0.6 is 0 Å². The summed E-state index contributed by atoms with van der Waals surface area (Å²) in [5, 5.41) is 0. The maximum Gasteiger partial charge on any atom is 0.255 e. The fraction of sp³-hybridized carbons (Fsp3) is 0.286. The largest absolute Gasteiger partial charge is 0.489 e. The molecule has 1 amide bonds. The molecule has 1 saturated carbocycles. The minimum absolute atomic E-state index is 0.0126. The van der Waals surface area contributed by atoms with Crippen LogP contribution < -0.4 is 4.74 Å². The van der Waals surface area contributed by atoms with E-state index in [9.17, 15) is 23.2 Å². The van der Waals surface area contributed by atoms with Crippen molar-refractivity contribution in [1.29, 1.82) is 0 Å². The van der Waals surface area contributed by atoms with E-state index < -0.39 is 17.7 Å². The van der Waals surface area contributed by atoms with Gasteiger partial charge in [0, 0.05) is 17.5 Å². The van der Waals surface area contributed by atoms with Crippen LogP contribution in [0.1, 0.15) is 40.7 Å². The average Bonchev–Trinajstić information content (AvgIpc) is 3.00. The van der Waals surface area contributed by atoms with Crippen LogP contribution in [0.25, 0.3) is 0 Å². The first-order valence-electron chi connectivity index (χ1n) is 8.98. The molecule has 2 aliphatic rings. The van der Waals surface area contributed by atoms with Crippen molar-refractivity contribution in [3.8, 4) is 5.75 Å². The Kier molecular flexibility index (Phi) is 4.66. The number of hydrogen-bond acceptors (Lipinski definition) is 4. The molecule has 0 aromatic heterocycles. The third-order valence-electron chi connectivity index (χ3n) is 5.15. The Labute approximate surface area is 159 Å². The second-order valence-corrected chi connectivity index (χ2v) is 6.99. The molecule has 1 unspecified atom stereocenters. The number of Topliss-reactive ketones (excluding diaryl/α,β-unsaturated/α-hetero) is 2. The van der Waals surface area contributed by atoms with Crippen LogP contribution in [0.5, 0.6) is 5.75 Å². The Morgan fingerprint density at radius 1 is 1.07 bits per heavy atom. The summed E-state index contributed by atoms with van der Waals surface area (Å²) in [5.41, 5.74) is 1.56. The Morgan fingerprint density at radius 2 is 1.89 bits per heavy atom. The Bertz CT molecular complexity index is 988. The minimum atomic E-state index is -0.953. The van der Waals surface area contributed by atoms with Crippen LogP contribution in [0.2, 0.25) is 0 Å². The number of ketones is 2. The van der Waals surface area contributed by atoms with Gasteiger partial charge in [0.2, 0.25) is 0 Å². The molecule has 7 heteroatoms. The topological polar surface area (TPSA) is 63.7 Å². The van der Waals surface area contributed by atoms with Gasteiger partial charge in [0.15, 0.2) is 17.4 Å². The lowest BCUT2D eigenvalue weighted by Crippen LogP contribution is -2.44. The highest BCUT2D eigenvalue weighted by Gasteiger charge is 2.39. The SMILES string of the molecule is O=C1CCC(N2Cc3c(OCc4ccc(F)c(F)c4)cccc3C2=O)C(=O)C1. The van der Waals surface area contributed by atoms with Gasteiger partial charge in [0.05, 0.1) is 19.0 Å². The van der Waals surface area contributed by atoms with E-state index in [-0.39, 0.29) is 43.5 Å². The third-order valence-corrected chi connectivity index (χ3v) is 5.15.